The summed E-state index contributed by atoms with van der Waals surface area (Å²) in [5, 5.41) is 0. The normalized spacial score (nSPS) is 28.4. The number of hydrogen-bond acceptors (Lipinski definition) is 2. The molecule has 0 N–H and O–H groups in total. The first-order valence-electron chi connectivity index (χ1n) is 6.00. The summed E-state index contributed by atoms with van der Waals surface area (Å²) in [6.07, 6.45) is 9.30. The molecule has 0 bridgehead atoms. The van der Waals surface area contributed by atoms with Gasteiger partial charge in [-0.15, -0.1) is 0 Å². The maximum atomic E-state index is 11.6. The van der Waals surface area contributed by atoms with E-state index >= 15 is 0 Å². The van der Waals surface area contributed by atoms with Crippen LogP contribution in [-0.4, -0.2) is 18.5 Å². The van der Waals surface area contributed by atoms with E-state index in [1.165, 1.54) is 19.3 Å². The molecule has 2 heteroatoms. The molecule has 0 radical (unpaired) electrons. The van der Waals surface area contributed by atoms with Crippen LogP contribution in [0.5, 0.6) is 0 Å². The smallest absolute Gasteiger partial charge is 0.136 e. The van der Waals surface area contributed by atoms with Crippen LogP contribution in [0.25, 0.3) is 0 Å². The lowest BCUT2D eigenvalue weighted by Gasteiger charge is -2.26. The molecule has 1 unspecified atom stereocenters. The number of rotatable bonds is 4. The molecule has 2 rings (SSSR count). The lowest BCUT2D eigenvalue weighted by Crippen LogP contribution is -2.25. The first kappa shape index (κ1) is 10.2. The molecular formula is C12H20O2. The van der Waals surface area contributed by atoms with Gasteiger partial charge in [-0.2, -0.15) is 0 Å². The largest absolute Gasteiger partial charge is 0.378 e. The lowest BCUT2D eigenvalue weighted by molar-refractivity contribution is -0.126. The Bertz CT molecular complexity index is 190. The minimum absolute atomic E-state index is 0.382. The van der Waals surface area contributed by atoms with Crippen molar-refractivity contribution in [2.45, 2.75) is 57.5 Å². The van der Waals surface area contributed by atoms with Crippen LogP contribution in [0.4, 0.5) is 0 Å². The van der Waals surface area contributed by atoms with Gasteiger partial charge in [0.2, 0.25) is 0 Å². The first-order chi connectivity index (χ1) is 6.86. The van der Waals surface area contributed by atoms with E-state index in [1.807, 2.05) is 0 Å². The third-order valence-electron chi connectivity index (χ3n) is 3.55. The Labute approximate surface area is 86.0 Å². The Morgan fingerprint density at radius 3 is 2.57 bits per heavy atom. The summed E-state index contributed by atoms with van der Waals surface area (Å²) in [5.74, 6) is 0.906. The van der Waals surface area contributed by atoms with Crippen LogP contribution in [0, 0.1) is 5.92 Å². The number of hydrogen-bond donors (Lipinski definition) is 0. The van der Waals surface area contributed by atoms with Crippen molar-refractivity contribution in [1.29, 1.82) is 0 Å². The zero-order chi connectivity index (χ0) is 9.80. The van der Waals surface area contributed by atoms with Gasteiger partial charge in [-0.25, -0.2) is 0 Å². The standard InChI is InChI=1S/C12H20O2/c13-12(10-4-3-5-10)8-7-11-6-1-2-9-14-11/h10-11H,1-9H2. The quantitative estimate of drug-likeness (QED) is 0.691. The van der Waals surface area contributed by atoms with Gasteiger partial charge in [-0.1, -0.05) is 6.42 Å². The van der Waals surface area contributed by atoms with Crippen molar-refractivity contribution in [3.05, 3.63) is 0 Å². The van der Waals surface area contributed by atoms with Crippen molar-refractivity contribution < 1.29 is 9.53 Å². The fourth-order valence-electron chi connectivity index (χ4n) is 2.27. The number of Topliss-reactive ketones (excluding diaryl/α,β-unsaturated/α-hetero) is 1. The van der Waals surface area contributed by atoms with E-state index in [0.717, 1.165) is 38.7 Å². The predicted molar refractivity (Wildman–Crippen MR) is 55.2 cm³/mol. The summed E-state index contributed by atoms with van der Waals surface area (Å²) in [5.41, 5.74) is 0. The Kier molecular flexibility index (Phi) is 3.57. The third-order valence-corrected chi connectivity index (χ3v) is 3.55. The van der Waals surface area contributed by atoms with E-state index in [0.29, 0.717) is 17.8 Å². The zero-order valence-corrected chi connectivity index (χ0v) is 8.84. The maximum absolute atomic E-state index is 11.6. The number of carbonyl (C=O) groups is 1. The van der Waals surface area contributed by atoms with Gasteiger partial charge in [-0.05, 0) is 38.5 Å². The monoisotopic (exact) mass is 196 g/mol. The molecule has 2 aliphatic rings. The average molecular weight is 196 g/mol. The topological polar surface area (TPSA) is 26.3 Å². The highest BCUT2D eigenvalue weighted by molar-refractivity contribution is 5.81. The fraction of sp³-hybridized carbons (Fsp3) is 0.917. The Hall–Kier alpha value is -0.370. The van der Waals surface area contributed by atoms with E-state index in [4.69, 9.17) is 4.74 Å². The fourth-order valence-corrected chi connectivity index (χ4v) is 2.27. The van der Waals surface area contributed by atoms with Crippen molar-refractivity contribution in [3.63, 3.8) is 0 Å². The molecule has 1 heterocycles. The molecular weight excluding hydrogens is 176 g/mol. The molecule has 0 aromatic carbocycles. The summed E-state index contributed by atoms with van der Waals surface area (Å²) in [4.78, 5) is 11.6. The van der Waals surface area contributed by atoms with Crippen molar-refractivity contribution in [3.8, 4) is 0 Å². The molecule has 0 aromatic rings. The maximum Gasteiger partial charge on any atom is 0.136 e. The molecule has 0 spiro atoms. The third kappa shape index (κ3) is 2.57. The second-order valence-electron chi connectivity index (χ2n) is 4.62. The number of ketones is 1. The van der Waals surface area contributed by atoms with Gasteiger partial charge in [-0.3, -0.25) is 4.79 Å². The van der Waals surface area contributed by atoms with Crippen LogP contribution in [0.1, 0.15) is 51.4 Å². The van der Waals surface area contributed by atoms with E-state index in [-0.39, 0.29) is 0 Å². The molecule has 80 valence electrons. The molecule has 14 heavy (non-hydrogen) atoms. The van der Waals surface area contributed by atoms with Gasteiger partial charge in [0.05, 0.1) is 6.10 Å². The lowest BCUT2D eigenvalue weighted by atomic mass is 9.80. The predicted octanol–water partition coefficient (Wildman–Crippen LogP) is 2.70. The van der Waals surface area contributed by atoms with E-state index < -0.39 is 0 Å². The summed E-state index contributed by atoms with van der Waals surface area (Å²) in [6.45, 7) is 0.905. The van der Waals surface area contributed by atoms with Gasteiger partial charge >= 0.3 is 0 Å². The molecule has 1 aliphatic carbocycles. The van der Waals surface area contributed by atoms with Crippen LogP contribution in [0.15, 0.2) is 0 Å². The Balaban J connectivity index is 1.62. The molecule has 1 saturated heterocycles. The van der Waals surface area contributed by atoms with Crippen molar-refractivity contribution in [1.82, 2.24) is 0 Å². The molecule has 1 aliphatic heterocycles. The van der Waals surface area contributed by atoms with Gasteiger partial charge in [0, 0.05) is 18.9 Å². The summed E-state index contributed by atoms with van der Waals surface area (Å²) in [7, 11) is 0. The van der Waals surface area contributed by atoms with Gasteiger partial charge < -0.3 is 4.74 Å². The van der Waals surface area contributed by atoms with Crippen molar-refractivity contribution in [2.24, 2.45) is 5.92 Å². The summed E-state index contributed by atoms with van der Waals surface area (Å²) >= 11 is 0. The van der Waals surface area contributed by atoms with Gasteiger partial charge in [0.25, 0.3) is 0 Å². The average Bonchev–Trinajstić information content (AvgIpc) is 2.14. The number of carbonyl (C=O) groups excluding carboxylic acids is 1. The van der Waals surface area contributed by atoms with E-state index in [9.17, 15) is 4.79 Å². The highest BCUT2D eigenvalue weighted by Gasteiger charge is 2.25. The molecule has 0 amide bonds. The molecule has 2 nitrogen and oxygen atoms in total. The minimum Gasteiger partial charge on any atom is -0.378 e. The minimum atomic E-state index is 0.382. The van der Waals surface area contributed by atoms with Gasteiger partial charge in [0.15, 0.2) is 0 Å². The van der Waals surface area contributed by atoms with Crippen molar-refractivity contribution >= 4 is 5.78 Å². The van der Waals surface area contributed by atoms with Crippen LogP contribution in [0.2, 0.25) is 0 Å². The Morgan fingerprint density at radius 2 is 2.00 bits per heavy atom. The second-order valence-corrected chi connectivity index (χ2v) is 4.62. The molecule has 0 aromatic heterocycles. The van der Waals surface area contributed by atoms with E-state index in [2.05, 4.69) is 0 Å². The van der Waals surface area contributed by atoms with Crippen LogP contribution in [0.3, 0.4) is 0 Å². The summed E-state index contributed by atoms with van der Waals surface area (Å²) < 4.78 is 5.61. The van der Waals surface area contributed by atoms with Crippen molar-refractivity contribution in [2.75, 3.05) is 6.61 Å². The molecule has 1 atom stereocenters. The van der Waals surface area contributed by atoms with Crippen LogP contribution in [-0.2, 0) is 9.53 Å². The van der Waals surface area contributed by atoms with E-state index in [1.54, 1.807) is 0 Å². The zero-order valence-electron chi connectivity index (χ0n) is 8.84. The Morgan fingerprint density at radius 1 is 1.14 bits per heavy atom. The van der Waals surface area contributed by atoms with Crippen LogP contribution < -0.4 is 0 Å². The molecule has 2 fully saturated rings. The second kappa shape index (κ2) is 4.92. The first-order valence-corrected chi connectivity index (χ1v) is 6.00. The highest BCUT2D eigenvalue weighted by Crippen LogP contribution is 2.29. The van der Waals surface area contributed by atoms with Gasteiger partial charge in [0.1, 0.15) is 5.78 Å². The highest BCUT2D eigenvalue weighted by atomic mass is 16.5. The number of ether oxygens (including phenoxy) is 1. The molecule has 1 saturated carbocycles. The SMILES string of the molecule is O=C(CCC1CCCCO1)C1CCC1. The summed E-state index contributed by atoms with van der Waals surface area (Å²) in [6, 6.07) is 0. The van der Waals surface area contributed by atoms with Crippen LogP contribution >= 0.6 is 0 Å².